The first kappa shape index (κ1) is 17.5. The van der Waals surface area contributed by atoms with Gasteiger partial charge in [-0.25, -0.2) is 8.42 Å². The standard InChI is InChI=1S/C16H22N2O4S/c1-2-17-16(19)15(12-18-8-10-22-11-9-18)23(20,21)13-14-6-4-3-5-7-14/h3-7,12H,2,8-11,13H2,1H3,(H,17,19)/b15-12-. The van der Waals surface area contributed by atoms with Gasteiger partial charge < -0.3 is 15.0 Å². The van der Waals surface area contributed by atoms with Gasteiger partial charge in [0.25, 0.3) is 5.91 Å². The van der Waals surface area contributed by atoms with Gasteiger partial charge in [0.1, 0.15) is 4.91 Å². The normalized spacial score (nSPS) is 16.2. The van der Waals surface area contributed by atoms with Gasteiger partial charge in [-0.15, -0.1) is 0 Å². The van der Waals surface area contributed by atoms with Crippen molar-refractivity contribution >= 4 is 15.7 Å². The Bertz CT molecular complexity index is 650. The zero-order valence-electron chi connectivity index (χ0n) is 13.2. The molecule has 0 bridgehead atoms. The van der Waals surface area contributed by atoms with Crippen molar-refractivity contribution in [3.8, 4) is 0 Å². The zero-order valence-corrected chi connectivity index (χ0v) is 14.0. The fraction of sp³-hybridized carbons (Fsp3) is 0.438. The summed E-state index contributed by atoms with van der Waals surface area (Å²) < 4.78 is 30.7. The second-order valence-electron chi connectivity index (χ2n) is 5.25. The molecule has 23 heavy (non-hydrogen) atoms. The van der Waals surface area contributed by atoms with E-state index < -0.39 is 15.7 Å². The van der Waals surface area contributed by atoms with E-state index in [2.05, 4.69) is 5.32 Å². The van der Waals surface area contributed by atoms with Crippen molar-refractivity contribution in [1.29, 1.82) is 0 Å². The number of nitrogens with one attached hydrogen (secondary N) is 1. The lowest BCUT2D eigenvalue weighted by atomic mass is 10.2. The molecule has 0 aromatic heterocycles. The number of ether oxygens (including phenoxy) is 1. The number of carbonyl (C=O) groups is 1. The smallest absolute Gasteiger partial charge is 0.264 e. The second-order valence-corrected chi connectivity index (χ2v) is 7.20. The molecule has 2 rings (SSSR count). The maximum Gasteiger partial charge on any atom is 0.264 e. The van der Waals surface area contributed by atoms with Crippen LogP contribution in [0.1, 0.15) is 12.5 Å². The first-order valence-corrected chi connectivity index (χ1v) is 9.26. The summed E-state index contributed by atoms with van der Waals surface area (Å²) in [7, 11) is -3.73. The maximum absolute atomic E-state index is 12.7. The van der Waals surface area contributed by atoms with Crippen LogP contribution >= 0.6 is 0 Å². The van der Waals surface area contributed by atoms with Crippen LogP contribution in [0.15, 0.2) is 41.4 Å². The van der Waals surface area contributed by atoms with Crippen LogP contribution in [-0.4, -0.2) is 52.1 Å². The van der Waals surface area contributed by atoms with Crippen molar-refractivity contribution in [2.75, 3.05) is 32.8 Å². The zero-order chi connectivity index (χ0) is 16.7. The predicted octanol–water partition coefficient (Wildman–Crippen LogP) is 0.911. The van der Waals surface area contributed by atoms with Crippen molar-refractivity contribution in [2.45, 2.75) is 12.7 Å². The molecule has 1 aromatic rings. The van der Waals surface area contributed by atoms with Gasteiger partial charge >= 0.3 is 0 Å². The summed E-state index contributed by atoms with van der Waals surface area (Å²) >= 11 is 0. The third-order valence-electron chi connectivity index (χ3n) is 3.44. The molecule has 1 aliphatic rings. The number of rotatable bonds is 6. The van der Waals surface area contributed by atoms with E-state index in [0.29, 0.717) is 38.4 Å². The molecule has 0 saturated carbocycles. The van der Waals surface area contributed by atoms with Crippen molar-refractivity contribution in [1.82, 2.24) is 10.2 Å². The van der Waals surface area contributed by atoms with Crippen molar-refractivity contribution in [3.63, 3.8) is 0 Å². The first-order chi connectivity index (χ1) is 11.0. The van der Waals surface area contributed by atoms with Gasteiger partial charge in [-0.2, -0.15) is 0 Å². The van der Waals surface area contributed by atoms with Gasteiger partial charge in [0, 0.05) is 25.8 Å². The number of carbonyl (C=O) groups excluding carboxylic acids is 1. The molecule has 126 valence electrons. The minimum atomic E-state index is -3.73. The molecule has 1 heterocycles. The summed E-state index contributed by atoms with van der Waals surface area (Å²) in [6.07, 6.45) is 1.45. The minimum absolute atomic E-state index is 0.190. The number of hydrogen-bond donors (Lipinski definition) is 1. The number of hydrogen-bond acceptors (Lipinski definition) is 5. The molecule has 7 heteroatoms. The average Bonchev–Trinajstić information content (AvgIpc) is 2.54. The summed E-state index contributed by atoms with van der Waals surface area (Å²) in [6, 6.07) is 8.86. The molecular weight excluding hydrogens is 316 g/mol. The molecule has 1 aromatic carbocycles. The van der Waals surface area contributed by atoms with Crippen LogP contribution in [0.5, 0.6) is 0 Å². The van der Waals surface area contributed by atoms with E-state index in [0.717, 1.165) is 0 Å². The molecule has 6 nitrogen and oxygen atoms in total. The van der Waals surface area contributed by atoms with Gasteiger partial charge in [-0.05, 0) is 12.5 Å². The molecule has 0 radical (unpaired) electrons. The van der Waals surface area contributed by atoms with E-state index in [1.807, 2.05) is 11.0 Å². The molecule has 0 atom stereocenters. The Balaban J connectivity index is 2.27. The monoisotopic (exact) mass is 338 g/mol. The first-order valence-electron chi connectivity index (χ1n) is 7.61. The average molecular weight is 338 g/mol. The van der Waals surface area contributed by atoms with E-state index in [9.17, 15) is 13.2 Å². The van der Waals surface area contributed by atoms with Crippen LogP contribution in [0.25, 0.3) is 0 Å². The fourth-order valence-electron chi connectivity index (χ4n) is 2.27. The van der Waals surface area contributed by atoms with Gasteiger partial charge in [0.05, 0.1) is 19.0 Å². The lowest BCUT2D eigenvalue weighted by Crippen LogP contribution is -2.35. The Morgan fingerprint density at radius 1 is 1.26 bits per heavy atom. The highest BCUT2D eigenvalue weighted by atomic mass is 32.2. The molecule has 1 N–H and O–H groups in total. The Labute approximate surface area is 137 Å². The van der Waals surface area contributed by atoms with Crippen molar-refractivity contribution in [3.05, 3.63) is 47.0 Å². The number of nitrogens with zero attached hydrogens (tertiary/aromatic N) is 1. The van der Waals surface area contributed by atoms with Crippen LogP contribution in [-0.2, 0) is 25.1 Å². The number of sulfone groups is 1. The van der Waals surface area contributed by atoms with E-state index in [4.69, 9.17) is 4.74 Å². The lowest BCUT2D eigenvalue weighted by molar-refractivity contribution is -0.116. The number of benzene rings is 1. The highest BCUT2D eigenvalue weighted by Gasteiger charge is 2.26. The van der Waals surface area contributed by atoms with Crippen LogP contribution in [0.2, 0.25) is 0 Å². The SMILES string of the molecule is CCNC(=O)/C(=C/N1CCOCC1)S(=O)(=O)Cc1ccccc1. The number of morpholine rings is 1. The van der Waals surface area contributed by atoms with E-state index in [1.54, 1.807) is 31.2 Å². The molecule has 0 spiro atoms. The Kier molecular flexibility index (Phi) is 6.18. The Hall–Kier alpha value is -1.86. The molecular formula is C16H22N2O4S. The summed E-state index contributed by atoms with van der Waals surface area (Å²) in [6.45, 7) is 4.33. The summed E-state index contributed by atoms with van der Waals surface area (Å²) in [4.78, 5) is 13.9. The van der Waals surface area contributed by atoms with E-state index in [-0.39, 0.29) is 10.7 Å². The van der Waals surface area contributed by atoms with Gasteiger partial charge in [-0.1, -0.05) is 30.3 Å². The highest BCUT2D eigenvalue weighted by Crippen LogP contribution is 2.16. The Morgan fingerprint density at radius 3 is 2.52 bits per heavy atom. The molecule has 0 aliphatic carbocycles. The molecule has 1 aliphatic heterocycles. The lowest BCUT2D eigenvalue weighted by Gasteiger charge is -2.26. The minimum Gasteiger partial charge on any atom is -0.378 e. The third kappa shape index (κ3) is 5.07. The van der Waals surface area contributed by atoms with Crippen LogP contribution in [0.4, 0.5) is 0 Å². The van der Waals surface area contributed by atoms with Gasteiger partial charge in [-0.3, -0.25) is 4.79 Å². The molecule has 1 fully saturated rings. The van der Waals surface area contributed by atoms with Crippen LogP contribution in [0.3, 0.4) is 0 Å². The molecule has 0 unspecified atom stereocenters. The van der Waals surface area contributed by atoms with Crippen molar-refractivity contribution in [2.24, 2.45) is 0 Å². The third-order valence-corrected chi connectivity index (χ3v) is 5.12. The van der Waals surface area contributed by atoms with Crippen molar-refractivity contribution < 1.29 is 17.9 Å². The largest absolute Gasteiger partial charge is 0.378 e. The fourth-order valence-corrected chi connectivity index (χ4v) is 3.72. The van der Waals surface area contributed by atoms with Gasteiger partial charge in [0.2, 0.25) is 0 Å². The van der Waals surface area contributed by atoms with Gasteiger partial charge in [0.15, 0.2) is 9.84 Å². The maximum atomic E-state index is 12.7. The summed E-state index contributed by atoms with van der Waals surface area (Å²) in [5.41, 5.74) is 0.657. The quantitative estimate of drug-likeness (QED) is 0.781. The molecule has 1 amide bonds. The topological polar surface area (TPSA) is 75.7 Å². The second kappa shape index (κ2) is 8.12. The molecule has 1 saturated heterocycles. The highest BCUT2D eigenvalue weighted by molar-refractivity contribution is 7.95. The van der Waals surface area contributed by atoms with Crippen LogP contribution < -0.4 is 5.32 Å². The summed E-state index contributed by atoms with van der Waals surface area (Å²) in [5, 5.41) is 2.58. The summed E-state index contributed by atoms with van der Waals surface area (Å²) in [5.74, 6) is -0.754. The Morgan fingerprint density at radius 2 is 1.91 bits per heavy atom. The number of amides is 1. The predicted molar refractivity (Wildman–Crippen MR) is 88.2 cm³/mol. The number of likely N-dealkylation sites (N-methyl/N-ethyl adjacent to an activating group) is 1. The van der Waals surface area contributed by atoms with E-state index >= 15 is 0 Å². The van der Waals surface area contributed by atoms with Crippen LogP contribution in [0, 0.1) is 0 Å². The van der Waals surface area contributed by atoms with E-state index in [1.165, 1.54) is 6.20 Å².